The molecule has 3 aromatic carbocycles. The van der Waals surface area contributed by atoms with Gasteiger partial charge in [-0.3, -0.25) is 9.59 Å². The first-order chi connectivity index (χ1) is 15.4. The largest absolute Gasteiger partial charge is 0.416 e. The van der Waals surface area contributed by atoms with Crippen LogP contribution in [-0.4, -0.2) is 28.4 Å². The highest BCUT2D eigenvalue weighted by atomic mass is 19.4. The van der Waals surface area contributed by atoms with Gasteiger partial charge >= 0.3 is 6.18 Å². The van der Waals surface area contributed by atoms with Crippen molar-refractivity contribution in [1.82, 2.24) is 10.0 Å². The highest BCUT2D eigenvalue weighted by Crippen LogP contribution is 2.48. The summed E-state index contributed by atoms with van der Waals surface area (Å²) in [5.74, 6) is -1.65. The molecule has 0 unspecified atom stereocenters. The van der Waals surface area contributed by atoms with Gasteiger partial charge in [0, 0.05) is 12.1 Å². The molecule has 32 heavy (non-hydrogen) atoms. The number of halogens is 3. The van der Waals surface area contributed by atoms with Crippen LogP contribution in [0.3, 0.4) is 0 Å². The van der Waals surface area contributed by atoms with E-state index in [1.54, 1.807) is 35.3 Å². The van der Waals surface area contributed by atoms with Gasteiger partial charge in [0.15, 0.2) is 0 Å². The van der Waals surface area contributed by atoms with Gasteiger partial charge in [-0.1, -0.05) is 54.6 Å². The summed E-state index contributed by atoms with van der Waals surface area (Å²) in [4.78, 5) is 26.9. The number of benzene rings is 3. The zero-order valence-electron chi connectivity index (χ0n) is 16.9. The molecule has 0 N–H and O–H groups in total. The fourth-order valence-electron chi connectivity index (χ4n) is 4.68. The summed E-state index contributed by atoms with van der Waals surface area (Å²) >= 11 is 0. The maximum atomic E-state index is 13.6. The van der Waals surface area contributed by atoms with Gasteiger partial charge in [0.25, 0.3) is 11.8 Å². The molecule has 0 saturated carbocycles. The van der Waals surface area contributed by atoms with E-state index in [9.17, 15) is 22.8 Å². The van der Waals surface area contributed by atoms with E-state index in [0.717, 1.165) is 23.3 Å². The zero-order valence-corrected chi connectivity index (χ0v) is 16.9. The Kier molecular flexibility index (Phi) is 4.86. The number of fused-ring (bicyclic) bond motifs is 3. The van der Waals surface area contributed by atoms with Gasteiger partial charge in [-0.15, -0.1) is 0 Å². The second kappa shape index (κ2) is 7.60. The number of hydrazine groups is 1. The van der Waals surface area contributed by atoms with Gasteiger partial charge in [0.2, 0.25) is 0 Å². The highest BCUT2D eigenvalue weighted by Gasteiger charge is 2.52. The Labute approximate surface area is 182 Å². The summed E-state index contributed by atoms with van der Waals surface area (Å²) in [5.41, 5.74) is 2.06. The van der Waals surface area contributed by atoms with Crippen molar-refractivity contribution < 1.29 is 22.8 Å². The predicted octanol–water partition coefficient (Wildman–Crippen LogP) is 4.99. The van der Waals surface area contributed by atoms with E-state index < -0.39 is 35.5 Å². The average molecular weight is 436 g/mol. The summed E-state index contributed by atoms with van der Waals surface area (Å²) in [5, 5.41) is 2.95. The first kappa shape index (κ1) is 20.5. The maximum Gasteiger partial charge on any atom is 0.416 e. The van der Waals surface area contributed by atoms with E-state index in [2.05, 4.69) is 0 Å². The molecule has 3 aromatic rings. The molecule has 2 aliphatic heterocycles. The lowest BCUT2D eigenvalue weighted by Crippen LogP contribution is -2.46. The van der Waals surface area contributed by atoms with Gasteiger partial charge < -0.3 is 0 Å². The van der Waals surface area contributed by atoms with Crippen LogP contribution in [0.4, 0.5) is 13.2 Å². The van der Waals surface area contributed by atoms with Crippen molar-refractivity contribution in [3.8, 4) is 0 Å². The van der Waals surface area contributed by atoms with Gasteiger partial charge in [-0.05, 0) is 47.4 Å². The summed E-state index contributed by atoms with van der Waals surface area (Å²) < 4.78 is 39.2. The molecule has 0 radical (unpaired) electrons. The second-order valence-electron chi connectivity index (χ2n) is 7.98. The molecule has 2 atom stereocenters. The lowest BCUT2D eigenvalue weighted by molar-refractivity contribution is -0.137. The van der Waals surface area contributed by atoms with Crippen LogP contribution >= 0.6 is 0 Å². The van der Waals surface area contributed by atoms with Crippen LogP contribution in [0, 0.1) is 0 Å². The Hall–Kier alpha value is -3.45. The van der Waals surface area contributed by atoms with Gasteiger partial charge in [0.05, 0.1) is 17.5 Å². The van der Waals surface area contributed by atoms with Crippen LogP contribution in [0.2, 0.25) is 0 Å². The van der Waals surface area contributed by atoms with Crippen molar-refractivity contribution >= 4 is 11.8 Å². The minimum absolute atomic E-state index is 0.381. The normalized spacial score (nSPS) is 20.7. The number of nitrogens with zero attached hydrogens (tertiary/aromatic N) is 2. The van der Waals surface area contributed by atoms with E-state index in [0.29, 0.717) is 24.1 Å². The Balaban J connectivity index is 1.61. The molecular formula is C25H19F3N2O2. The van der Waals surface area contributed by atoms with Crippen molar-refractivity contribution in [1.29, 1.82) is 0 Å². The molecule has 0 bridgehead atoms. The van der Waals surface area contributed by atoms with E-state index in [-0.39, 0.29) is 0 Å². The zero-order chi connectivity index (χ0) is 22.5. The molecule has 1 saturated heterocycles. The number of imide groups is 1. The minimum atomic E-state index is -4.46. The topological polar surface area (TPSA) is 40.6 Å². The van der Waals surface area contributed by atoms with Crippen molar-refractivity contribution in [3.63, 3.8) is 0 Å². The van der Waals surface area contributed by atoms with Crippen LogP contribution in [0.25, 0.3) is 0 Å². The van der Waals surface area contributed by atoms with Crippen LogP contribution in [0.15, 0.2) is 78.9 Å². The molecule has 2 heterocycles. The smallest absolute Gasteiger partial charge is 0.272 e. The second-order valence-corrected chi connectivity index (χ2v) is 7.98. The van der Waals surface area contributed by atoms with Crippen molar-refractivity contribution in [2.45, 2.75) is 24.6 Å². The molecule has 162 valence electrons. The van der Waals surface area contributed by atoms with Crippen LogP contribution in [0.1, 0.15) is 44.6 Å². The van der Waals surface area contributed by atoms with Gasteiger partial charge in [-0.25, -0.2) is 10.0 Å². The van der Waals surface area contributed by atoms with E-state index in [1.807, 2.05) is 24.3 Å². The van der Waals surface area contributed by atoms with Crippen LogP contribution in [0.5, 0.6) is 0 Å². The fourth-order valence-corrected chi connectivity index (χ4v) is 4.68. The lowest BCUT2D eigenvalue weighted by Gasteiger charge is -2.36. The average Bonchev–Trinajstić information content (AvgIpc) is 3.11. The molecule has 7 heteroatoms. The van der Waals surface area contributed by atoms with E-state index >= 15 is 0 Å². The quantitative estimate of drug-likeness (QED) is 0.532. The monoisotopic (exact) mass is 436 g/mol. The standard InChI is InChI=1S/C25H19F3N2O2/c26-25(27,28)19-12-10-17(11-13-19)21-22-20-9-5-4-6-16(20)14-15-29(22)30(24(21)32)23(31)18-7-2-1-3-8-18/h1-13,21-22H,14-15H2/t21-,22-/m0/s1. The molecule has 0 aromatic heterocycles. The third-order valence-electron chi connectivity index (χ3n) is 6.16. The molecule has 1 fully saturated rings. The number of rotatable bonds is 2. The number of hydrogen-bond donors (Lipinski definition) is 0. The van der Waals surface area contributed by atoms with E-state index in [1.165, 1.54) is 17.1 Å². The summed E-state index contributed by atoms with van der Waals surface area (Å²) in [6, 6.07) is 20.4. The Bertz CT molecular complexity index is 1180. The van der Waals surface area contributed by atoms with Crippen molar-refractivity contribution in [2.24, 2.45) is 0 Å². The maximum absolute atomic E-state index is 13.6. The minimum Gasteiger partial charge on any atom is -0.272 e. The van der Waals surface area contributed by atoms with Gasteiger partial charge in [0.1, 0.15) is 0 Å². The number of carbonyl (C=O) groups excluding carboxylic acids is 2. The van der Waals surface area contributed by atoms with Gasteiger partial charge in [-0.2, -0.15) is 13.2 Å². The van der Waals surface area contributed by atoms with Crippen molar-refractivity contribution in [2.75, 3.05) is 6.54 Å². The Morgan fingerprint density at radius 1 is 0.875 bits per heavy atom. The molecule has 0 aliphatic carbocycles. The number of hydrogen-bond acceptors (Lipinski definition) is 3. The molecule has 5 rings (SSSR count). The number of alkyl halides is 3. The third kappa shape index (κ3) is 3.29. The predicted molar refractivity (Wildman–Crippen MR) is 111 cm³/mol. The SMILES string of the molecule is O=C(c1ccccc1)N1C(=O)[C@@H](c2ccc(C(F)(F)F)cc2)[C@@H]2c3ccccc3CCN21. The highest BCUT2D eigenvalue weighted by molar-refractivity contribution is 6.07. The molecular weight excluding hydrogens is 417 g/mol. The number of amides is 2. The summed E-state index contributed by atoms with van der Waals surface area (Å²) in [7, 11) is 0. The first-order valence-corrected chi connectivity index (χ1v) is 10.3. The lowest BCUT2D eigenvalue weighted by atomic mass is 9.83. The number of carbonyl (C=O) groups is 2. The van der Waals surface area contributed by atoms with Crippen molar-refractivity contribution in [3.05, 3.63) is 107 Å². The summed E-state index contributed by atoms with van der Waals surface area (Å²) in [6.45, 7) is 0.461. The molecule has 4 nitrogen and oxygen atoms in total. The Morgan fingerprint density at radius 3 is 2.22 bits per heavy atom. The first-order valence-electron chi connectivity index (χ1n) is 10.3. The summed E-state index contributed by atoms with van der Waals surface area (Å²) in [6.07, 6.45) is -3.80. The molecule has 2 aliphatic rings. The van der Waals surface area contributed by atoms with Crippen LogP contribution < -0.4 is 0 Å². The Morgan fingerprint density at radius 2 is 1.53 bits per heavy atom. The molecule has 2 amide bonds. The fraction of sp³-hybridized carbons (Fsp3) is 0.200. The third-order valence-corrected chi connectivity index (χ3v) is 6.16. The molecule has 0 spiro atoms. The van der Waals surface area contributed by atoms with E-state index in [4.69, 9.17) is 0 Å². The van der Waals surface area contributed by atoms with Crippen LogP contribution in [-0.2, 0) is 17.4 Å².